The number of hydrogen-bond donors (Lipinski definition) is 2. The van der Waals surface area contributed by atoms with Gasteiger partial charge in [-0.05, 0) is 28.1 Å². The molecular formula is C12H20BrCl2N3O2S. The molecule has 0 amide bonds. The van der Waals surface area contributed by atoms with Crippen molar-refractivity contribution in [3.8, 4) is 0 Å². The third kappa shape index (κ3) is 6.40. The molecule has 0 atom stereocenters. The molecule has 1 aromatic carbocycles. The van der Waals surface area contributed by atoms with Crippen LogP contribution in [0.25, 0.3) is 0 Å². The topological polar surface area (TPSA) is 61.4 Å². The molecule has 0 bridgehead atoms. The Balaban J connectivity index is 0.00000200. The number of nitrogens with one attached hydrogen (secondary N) is 2. The second-order valence-corrected chi connectivity index (χ2v) is 7.01. The van der Waals surface area contributed by atoms with Crippen molar-refractivity contribution in [3.05, 3.63) is 28.7 Å². The van der Waals surface area contributed by atoms with Crippen molar-refractivity contribution in [2.75, 3.05) is 39.3 Å². The van der Waals surface area contributed by atoms with Gasteiger partial charge in [0.05, 0.1) is 4.90 Å². The van der Waals surface area contributed by atoms with E-state index in [1.807, 2.05) is 0 Å². The number of rotatable bonds is 5. The molecular weight excluding hydrogens is 401 g/mol. The molecule has 2 N–H and O–H groups in total. The van der Waals surface area contributed by atoms with E-state index in [2.05, 4.69) is 30.9 Å². The van der Waals surface area contributed by atoms with Crippen LogP contribution in [0.4, 0.5) is 0 Å². The Morgan fingerprint density at radius 1 is 1.19 bits per heavy atom. The van der Waals surface area contributed by atoms with Crippen LogP contribution < -0.4 is 10.0 Å². The predicted octanol–water partition coefficient (Wildman–Crippen LogP) is 1.48. The number of halogens is 3. The number of nitrogens with zero attached hydrogens (tertiary/aromatic N) is 1. The van der Waals surface area contributed by atoms with E-state index in [4.69, 9.17) is 0 Å². The largest absolute Gasteiger partial charge is 0.314 e. The van der Waals surface area contributed by atoms with E-state index in [1.165, 1.54) is 0 Å². The van der Waals surface area contributed by atoms with Crippen molar-refractivity contribution in [1.29, 1.82) is 0 Å². The first kappa shape index (κ1) is 21.1. The third-order valence-corrected chi connectivity index (χ3v) is 5.53. The molecule has 0 saturated carbocycles. The van der Waals surface area contributed by atoms with Crippen LogP contribution in [0.2, 0.25) is 0 Å². The smallest absolute Gasteiger partial charge is 0.241 e. The monoisotopic (exact) mass is 419 g/mol. The van der Waals surface area contributed by atoms with Crippen LogP contribution in [0.5, 0.6) is 0 Å². The second kappa shape index (κ2) is 9.99. The zero-order valence-electron chi connectivity index (χ0n) is 11.4. The average Bonchev–Trinajstić information content (AvgIpc) is 2.40. The van der Waals surface area contributed by atoms with Crippen molar-refractivity contribution in [3.63, 3.8) is 0 Å². The lowest BCUT2D eigenvalue weighted by Crippen LogP contribution is -2.46. The molecule has 0 spiro atoms. The van der Waals surface area contributed by atoms with E-state index in [-0.39, 0.29) is 29.7 Å². The van der Waals surface area contributed by atoms with Gasteiger partial charge in [-0.1, -0.05) is 12.1 Å². The van der Waals surface area contributed by atoms with E-state index in [0.29, 0.717) is 11.0 Å². The van der Waals surface area contributed by atoms with E-state index < -0.39 is 10.0 Å². The maximum Gasteiger partial charge on any atom is 0.241 e. The average molecular weight is 421 g/mol. The molecule has 0 aromatic heterocycles. The van der Waals surface area contributed by atoms with Gasteiger partial charge in [-0.2, -0.15) is 0 Å². The molecule has 21 heavy (non-hydrogen) atoms. The Morgan fingerprint density at radius 2 is 1.81 bits per heavy atom. The summed E-state index contributed by atoms with van der Waals surface area (Å²) in [5, 5.41) is 3.27. The first-order valence-corrected chi connectivity index (χ1v) is 8.54. The highest BCUT2D eigenvalue weighted by Gasteiger charge is 2.17. The van der Waals surface area contributed by atoms with E-state index in [9.17, 15) is 8.42 Å². The van der Waals surface area contributed by atoms with Gasteiger partial charge in [-0.25, -0.2) is 13.1 Å². The van der Waals surface area contributed by atoms with Gasteiger partial charge in [0.1, 0.15) is 0 Å². The summed E-state index contributed by atoms with van der Waals surface area (Å²) in [4.78, 5) is 2.54. The summed E-state index contributed by atoms with van der Waals surface area (Å²) in [7, 11) is -3.43. The number of hydrogen-bond acceptors (Lipinski definition) is 4. The van der Waals surface area contributed by atoms with Crippen LogP contribution in [-0.2, 0) is 10.0 Å². The lowest BCUT2D eigenvalue weighted by atomic mass is 10.3. The molecule has 1 saturated heterocycles. The minimum Gasteiger partial charge on any atom is -0.314 e. The fourth-order valence-electron chi connectivity index (χ4n) is 2.01. The summed E-state index contributed by atoms with van der Waals surface area (Å²) in [5.74, 6) is 0. The van der Waals surface area contributed by atoms with Gasteiger partial charge >= 0.3 is 0 Å². The van der Waals surface area contributed by atoms with Crippen molar-refractivity contribution in [2.24, 2.45) is 0 Å². The predicted molar refractivity (Wildman–Crippen MR) is 93.1 cm³/mol. The highest BCUT2D eigenvalue weighted by atomic mass is 79.9. The molecule has 122 valence electrons. The van der Waals surface area contributed by atoms with Crippen LogP contribution >= 0.6 is 40.7 Å². The molecule has 1 aliphatic heterocycles. The van der Waals surface area contributed by atoms with Gasteiger partial charge in [0.2, 0.25) is 10.0 Å². The zero-order chi connectivity index (χ0) is 13.7. The summed E-state index contributed by atoms with van der Waals surface area (Å²) in [5.41, 5.74) is 0. The van der Waals surface area contributed by atoms with E-state index in [0.717, 1.165) is 32.7 Å². The molecule has 1 aromatic rings. The van der Waals surface area contributed by atoms with Crippen LogP contribution in [0.15, 0.2) is 33.6 Å². The Bertz CT molecular complexity index is 525. The van der Waals surface area contributed by atoms with E-state index in [1.54, 1.807) is 24.3 Å². The summed E-state index contributed by atoms with van der Waals surface area (Å²) < 4.78 is 27.5. The zero-order valence-corrected chi connectivity index (χ0v) is 15.5. The Labute approximate surface area is 146 Å². The molecule has 5 nitrogen and oxygen atoms in total. The normalized spacial score (nSPS) is 15.9. The highest BCUT2D eigenvalue weighted by molar-refractivity contribution is 9.10. The van der Waals surface area contributed by atoms with Crippen LogP contribution in [0.3, 0.4) is 0 Å². The van der Waals surface area contributed by atoms with Crippen LogP contribution in [0.1, 0.15) is 0 Å². The Hall–Kier alpha value is 0.110. The molecule has 1 aliphatic rings. The van der Waals surface area contributed by atoms with Crippen LogP contribution in [0, 0.1) is 0 Å². The lowest BCUT2D eigenvalue weighted by Gasteiger charge is -2.27. The highest BCUT2D eigenvalue weighted by Crippen LogP contribution is 2.20. The van der Waals surface area contributed by atoms with Crippen molar-refractivity contribution < 1.29 is 8.42 Å². The maximum absolute atomic E-state index is 12.1. The summed E-state index contributed by atoms with van der Waals surface area (Å²) in [6.07, 6.45) is 0. The fraction of sp³-hybridized carbons (Fsp3) is 0.500. The van der Waals surface area contributed by atoms with Gasteiger partial charge in [-0.3, -0.25) is 4.90 Å². The number of sulfonamides is 1. The number of benzene rings is 1. The van der Waals surface area contributed by atoms with Gasteiger partial charge < -0.3 is 5.32 Å². The lowest BCUT2D eigenvalue weighted by molar-refractivity contribution is 0.245. The first-order chi connectivity index (χ1) is 9.09. The van der Waals surface area contributed by atoms with Gasteiger partial charge in [0.25, 0.3) is 0 Å². The molecule has 0 unspecified atom stereocenters. The minimum absolute atomic E-state index is 0. The summed E-state index contributed by atoms with van der Waals surface area (Å²) in [6, 6.07) is 6.83. The fourth-order valence-corrected chi connectivity index (χ4v) is 4.04. The van der Waals surface area contributed by atoms with Gasteiger partial charge in [0, 0.05) is 43.7 Å². The molecule has 0 radical (unpaired) electrons. The molecule has 9 heteroatoms. The van der Waals surface area contributed by atoms with Gasteiger partial charge in [-0.15, -0.1) is 24.8 Å². The summed E-state index contributed by atoms with van der Waals surface area (Å²) in [6.45, 7) is 5.05. The molecule has 1 heterocycles. The molecule has 0 aliphatic carbocycles. The first-order valence-electron chi connectivity index (χ1n) is 6.27. The Morgan fingerprint density at radius 3 is 2.43 bits per heavy atom. The molecule has 2 rings (SSSR count). The number of piperazine rings is 1. The Kier molecular flexibility index (Phi) is 10.0. The van der Waals surface area contributed by atoms with Crippen molar-refractivity contribution in [2.45, 2.75) is 4.90 Å². The van der Waals surface area contributed by atoms with Crippen molar-refractivity contribution >= 4 is 50.8 Å². The summed E-state index contributed by atoms with van der Waals surface area (Å²) >= 11 is 3.26. The van der Waals surface area contributed by atoms with E-state index >= 15 is 0 Å². The minimum atomic E-state index is -3.43. The molecule has 1 fully saturated rings. The maximum atomic E-state index is 12.1. The second-order valence-electron chi connectivity index (χ2n) is 4.42. The van der Waals surface area contributed by atoms with Crippen molar-refractivity contribution in [1.82, 2.24) is 14.9 Å². The van der Waals surface area contributed by atoms with Gasteiger partial charge in [0.15, 0.2) is 0 Å². The quantitative estimate of drug-likeness (QED) is 0.757. The third-order valence-electron chi connectivity index (χ3n) is 3.06. The van der Waals surface area contributed by atoms with Crippen LogP contribution in [-0.4, -0.2) is 52.6 Å². The SMILES string of the molecule is Cl.Cl.O=S(=O)(NCCN1CCNCC1)c1ccccc1Br. The standard InChI is InChI=1S/C12H18BrN3O2S.2ClH/c13-11-3-1-2-4-12(11)19(17,18)15-7-10-16-8-5-14-6-9-16;;/h1-4,14-15H,5-10H2;2*1H.